The van der Waals surface area contributed by atoms with Gasteiger partial charge < -0.3 is 10.1 Å². The van der Waals surface area contributed by atoms with Crippen LogP contribution in [0.25, 0.3) is 26.4 Å². The summed E-state index contributed by atoms with van der Waals surface area (Å²) in [5.41, 5.74) is 1.03. The molecular formula is C22H18N4O2S2. The summed E-state index contributed by atoms with van der Waals surface area (Å²) in [6.07, 6.45) is 0.676. The first kappa shape index (κ1) is 18.8. The molecule has 0 fully saturated rings. The minimum atomic E-state index is -0.146. The van der Waals surface area contributed by atoms with Crippen molar-refractivity contribution in [2.45, 2.75) is 6.42 Å². The Balaban J connectivity index is 1.15. The molecule has 0 bridgehead atoms. The van der Waals surface area contributed by atoms with Crippen molar-refractivity contribution >= 4 is 44.3 Å². The molecule has 5 aromatic rings. The van der Waals surface area contributed by atoms with Crippen LogP contribution in [0.15, 0.2) is 65.4 Å². The fraction of sp³-hybridized carbons (Fsp3) is 0.136. The van der Waals surface area contributed by atoms with Crippen LogP contribution in [0.5, 0.6) is 5.75 Å². The molecule has 3 heterocycles. The molecule has 0 saturated carbocycles. The molecular weight excluding hydrogens is 416 g/mol. The van der Waals surface area contributed by atoms with Gasteiger partial charge in [0.1, 0.15) is 5.75 Å². The molecule has 1 N–H and O–H groups in total. The minimum Gasteiger partial charge on any atom is -0.484 e. The second-order valence-corrected chi connectivity index (χ2v) is 8.52. The van der Waals surface area contributed by atoms with Gasteiger partial charge in [0.25, 0.3) is 5.91 Å². The highest BCUT2D eigenvalue weighted by Gasteiger charge is 2.12. The number of hydrogen-bond donors (Lipinski definition) is 1. The fourth-order valence-electron chi connectivity index (χ4n) is 3.19. The van der Waals surface area contributed by atoms with Gasteiger partial charge >= 0.3 is 0 Å². The van der Waals surface area contributed by atoms with Crippen LogP contribution in [-0.2, 0) is 11.2 Å². The fourth-order valence-corrected chi connectivity index (χ4v) is 4.70. The molecule has 0 radical (unpaired) electrons. The summed E-state index contributed by atoms with van der Waals surface area (Å²) in [4.78, 5) is 18.7. The number of nitrogens with one attached hydrogen (secondary N) is 1. The Morgan fingerprint density at radius 3 is 2.83 bits per heavy atom. The van der Waals surface area contributed by atoms with Gasteiger partial charge in [-0.3, -0.25) is 4.79 Å². The smallest absolute Gasteiger partial charge is 0.257 e. The minimum absolute atomic E-state index is 0.0107. The van der Waals surface area contributed by atoms with Gasteiger partial charge in [-0.2, -0.15) is 4.98 Å². The van der Waals surface area contributed by atoms with E-state index in [1.807, 2.05) is 69.9 Å². The zero-order valence-electron chi connectivity index (χ0n) is 15.9. The molecule has 150 valence electrons. The average molecular weight is 435 g/mol. The number of thiophene rings is 1. The summed E-state index contributed by atoms with van der Waals surface area (Å²) in [5.74, 6) is 1.28. The summed E-state index contributed by atoms with van der Waals surface area (Å²) in [6.45, 7) is 0.503. The third-order valence-corrected chi connectivity index (χ3v) is 6.42. The van der Waals surface area contributed by atoms with Crippen molar-refractivity contribution in [3.05, 3.63) is 71.1 Å². The molecule has 0 unspecified atom stereocenters. The summed E-state index contributed by atoms with van der Waals surface area (Å²) < 4.78 is 7.50. The first-order chi connectivity index (χ1) is 14.8. The van der Waals surface area contributed by atoms with Crippen LogP contribution in [0, 0.1) is 0 Å². The molecule has 0 spiro atoms. The number of amides is 1. The quantitative estimate of drug-likeness (QED) is 0.412. The number of hydrogen-bond acceptors (Lipinski definition) is 6. The second-order valence-electron chi connectivity index (χ2n) is 6.73. The van der Waals surface area contributed by atoms with E-state index in [1.54, 1.807) is 22.7 Å². The lowest BCUT2D eigenvalue weighted by atomic mass is 10.1. The average Bonchev–Trinajstić information content (AvgIpc) is 3.50. The Bertz CT molecular complexity index is 1310. The lowest BCUT2D eigenvalue weighted by molar-refractivity contribution is -0.123. The Hall–Kier alpha value is -3.23. The van der Waals surface area contributed by atoms with Crippen molar-refractivity contribution in [2.75, 3.05) is 13.2 Å². The highest BCUT2D eigenvalue weighted by atomic mass is 32.1. The van der Waals surface area contributed by atoms with E-state index in [1.165, 1.54) is 0 Å². The second kappa shape index (κ2) is 8.25. The van der Waals surface area contributed by atoms with Gasteiger partial charge in [0.05, 0.1) is 10.6 Å². The van der Waals surface area contributed by atoms with Gasteiger partial charge in [0.15, 0.2) is 12.4 Å². The van der Waals surface area contributed by atoms with Gasteiger partial charge in [0.2, 0.25) is 4.96 Å². The van der Waals surface area contributed by atoms with Crippen LogP contribution in [0.1, 0.15) is 5.69 Å². The predicted octanol–water partition coefficient (Wildman–Crippen LogP) is 4.41. The summed E-state index contributed by atoms with van der Waals surface area (Å²) in [6, 6.07) is 17.9. The van der Waals surface area contributed by atoms with E-state index in [0.717, 1.165) is 32.1 Å². The van der Waals surface area contributed by atoms with Crippen molar-refractivity contribution in [1.29, 1.82) is 0 Å². The number of carbonyl (C=O) groups excluding carboxylic acids is 1. The van der Waals surface area contributed by atoms with E-state index in [9.17, 15) is 4.79 Å². The third kappa shape index (κ3) is 3.92. The molecule has 0 aliphatic carbocycles. The van der Waals surface area contributed by atoms with Crippen LogP contribution in [0.3, 0.4) is 0 Å². The third-order valence-electron chi connectivity index (χ3n) is 4.69. The van der Waals surface area contributed by atoms with E-state index in [0.29, 0.717) is 18.7 Å². The van der Waals surface area contributed by atoms with E-state index in [4.69, 9.17) is 4.74 Å². The van der Waals surface area contributed by atoms with Crippen molar-refractivity contribution in [2.24, 2.45) is 0 Å². The number of nitrogens with zero attached hydrogens (tertiary/aromatic N) is 3. The van der Waals surface area contributed by atoms with Crippen LogP contribution in [0.4, 0.5) is 0 Å². The molecule has 0 aliphatic heterocycles. The molecule has 6 nitrogen and oxygen atoms in total. The van der Waals surface area contributed by atoms with Gasteiger partial charge in [0, 0.05) is 18.3 Å². The summed E-state index contributed by atoms with van der Waals surface area (Å²) in [5, 5.41) is 13.8. The van der Waals surface area contributed by atoms with Gasteiger partial charge in [-0.15, -0.1) is 27.8 Å². The van der Waals surface area contributed by atoms with Crippen molar-refractivity contribution in [3.63, 3.8) is 0 Å². The van der Waals surface area contributed by atoms with Crippen molar-refractivity contribution < 1.29 is 9.53 Å². The molecule has 0 aliphatic rings. The Morgan fingerprint density at radius 1 is 1.07 bits per heavy atom. The van der Waals surface area contributed by atoms with Gasteiger partial charge in [-0.05, 0) is 34.4 Å². The number of thiazole rings is 1. The summed E-state index contributed by atoms with van der Waals surface area (Å²) in [7, 11) is 0. The van der Waals surface area contributed by atoms with Crippen LogP contribution >= 0.6 is 22.7 Å². The zero-order chi connectivity index (χ0) is 20.3. The predicted molar refractivity (Wildman–Crippen MR) is 120 cm³/mol. The SMILES string of the molecule is O=C(COc1ccc2ccccc2c1)NCCc1csc2nc(-c3cccs3)nn12. The molecule has 2 aromatic carbocycles. The Kier molecular flexibility index (Phi) is 5.17. The Morgan fingerprint density at radius 2 is 1.97 bits per heavy atom. The molecule has 30 heavy (non-hydrogen) atoms. The lowest BCUT2D eigenvalue weighted by Gasteiger charge is -2.08. The number of rotatable bonds is 7. The highest BCUT2D eigenvalue weighted by Crippen LogP contribution is 2.24. The highest BCUT2D eigenvalue weighted by molar-refractivity contribution is 7.15. The monoisotopic (exact) mass is 434 g/mol. The number of benzene rings is 2. The largest absolute Gasteiger partial charge is 0.484 e. The first-order valence-corrected chi connectivity index (χ1v) is 11.3. The standard InChI is InChI=1S/C22H18N4O2S2/c27-20(13-28-18-8-7-15-4-1-2-5-16(15)12-18)23-10-9-17-14-30-22-24-21(25-26(17)22)19-6-3-11-29-19/h1-8,11-12,14H,9-10,13H2,(H,23,27). The number of aromatic nitrogens is 3. The maximum atomic E-state index is 12.2. The molecule has 0 saturated heterocycles. The van der Waals surface area contributed by atoms with E-state index in [2.05, 4.69) is 15.4 Å². The van der Waals surface area contributed by atoms with Gasteiger partial charge in [-0.25, -0.2) is 4.52 Å². The topological polar surface area (TPSA) is 68.5 Å². The molecule has 5 rings (SSSR count). The molecule has 8 heteroatoms. The molecule has 3 aromatic heterocycles. The maximum Gasteiger partial charge on any atom is 0.257 e. The first-order valence-electron chi connectivity index (χ1n) is 9.51. The van der Waals surface area contributed by atoms with Crippen molar-refractivity contribution in [3.8, 4) is 16.5 Å². The maximum absolute atomic E-state index is 12.2. The lowest BCUT2D eigenvalue weighted by Crippen LogP contribution is -2.30. The van der Waals surface area contributed by atoms with Crippen LogP contribution < -0.4 is 10.1 Å². The van der Waals surface area contributed by atoms with Gasteiger partial charge in [-0.1, -0.05) is 36.4 Å². The molecule has 1 amide bonds. The number of fused-ring (bicyclic) bond motifs is 2. The van der Waals surface area contributed by atoms with E-state index < -0.39 is 0 Å². The summed E-state index contributed by atoms with van der Waals surface area (Å²) >= 11 is 3.18. The number of carbonyl (C=O) groups is 1. The van der Waals surface area contributed by atoms with Crippen LogP contribution in [0.2, 0.25) is 0 Å². The van der Waals surface area contributed by atoms with Crippen LogP contribution in [-0.4, -0.2) is 33.7 Å². The Labute approximate surface area is 180 Å². The number of ether oxygens (including phenoxy) is 1. The normalized spacial score (nSPS) is 11.2. The van der Waals surface area contributed by atoms with E-state index in [-0.39, 0.29) is 12.5 Å². The molecule has 0 atom stereocenters. The zero-order valence-corrected chi connectivity index (χ0v) is 17.6. The van der Waals surface area contributed by atoms with E-state index >= 15 is 0 Å². The van der Waals surface area contributed by atoms with Crippen molar-refractivity contribution in [1.82, 2.24) is 19.9 Å².